The van der Waals surface area contributed by atoms with Gasteiger partial charge in [0.25, 0.3) is 0 Å². The van der Waals surface area contributed by atoms with Crippen LogP contribution in [0.25, 0.3) is 11.2 Å². The van der Waals surface area contributed by atoms with Crippen LogP contribution in [0.4, 0.5) is 0 Å². The van der Waals surface area contributed by atoms with Crippen molar-refractivity contribution in [3.8, 4) is 0 Å². The first-order valence-electron chi connectivity index (χ1n) is 5.43. The van der Waals surface area contributed by atoms with Crippen molar-refractivity contribution in [2.24, 2.45) is 0 Å². The molecule has 1 N–H and O–H groups in total. The SMILES string of the molecule is CCC(CC)n1c(=O)[nH]c2ncc(Br)cc21. The zero-order valence-electron chi connectivity index (χ0n) is 9.33. The summed E-state index contributed by atoms with van der Waals surface area (Å²) in [4.78, 5) is 18.8. The number of fused-ring (bicyclic) bond motifs is 1. The third-order valence-corrected chi connectivity index (χ3v) is 3.28. The molecule has 0 aliphatic heterocycles. The lowest BCUT2D eigenvalue weighted by molar-refractivity contribution is 0.471. The lowest BCUT2D eigenvalue weighted by atomic mass is 10.1. The largest absolute Gasteiger partial charge is 0.327 e. The van der Waals surface area contributed by atoms with Crippen LogP contribution in [0.2, 0.25) is 0 Å². The molecular weight excluding hydrogens is 270 g/mol. The van der Waals surface area contributed by atoms with Crippen molar-refractivity contribution in [2.75, 3.05) is 0 Å². The molecule has 0 aliphatic carbocycles. The molecule has 2 aromatic rings. The molecule has 0 amide bonds. The van der Waals surface area contributed by atoms with E-state index in [9.17, 15) is 4.79 Å². The predicted molar refractivity (Wildman–Crippen MR) is 67.7 cm³/mol. The Morgan fingerprint density at radius 1 is 1.50 bits per heavy atom. The third kappa shape index (κ3) is 1.80. The van der Waals surface area contributed by atoms with Crippen LogP contribution in [0.5, 0.6) is 0 Å². The van der Waals surface area contributed by atoms with Crippen molar-refractivity contribution < 1.29 is 0 Å². The van der Waals surface area contributed by atoms with Gasteiger partial charge >= 0.3 is 5.69 Å². The lowest BCUT2D eigenvalue weighted by Gasteiger charge is -2.13. The van der Waals surface area contributed by atoms with Gasteiger partial charge in [0.05, 0.1) is 5.52 Å². The second-order valence-corrected chi connectivity index (χ2v) is 4.71. The van der Waals surface area contributed by atoms with Crippen LogP contribution < -0.4 is 5.69 Å². The van der Waals surface area contributed by atoms with E-state index in [1.165, 1.54) is 0 Å². The van der Waals surface area contributed by atoms with Gasteiger partial charge in [-0.3, -0.25) is 9.55 Å². The Kier molecular flexibility index (Phi) is 3.14. The first-order valence-corrected chi connectivity index (χ1v) is 6.22. The number of imidazole rings is 1. The van der Waals surface area contributed by atoms with Crippen molar-refractivity contribution in [1.82, 2.24) is 14.5 Å². The van der Waals surface area contributed by atoms with E-state index >= 15 is 0 Å². The van der Waals surface area contributed by atoms with Crippen molar-refractivity contribution in [3.63, 3.8) is 0 Å². The fourth-order valence-electron chi connectivity index (χ4n) is 2.00. The number of aromatic nitrogens is 3. The molecule has 86 valence electrons. The highest BCUT2D eigenvalue weighted by molar-refractivity contribution is 9.10. The monoisotopic (exact) mass is 283 g/mol. The van der Waals surface area contributed by atoms with Crippen LogP contribution in [0.15, 0.2) is 21.5 Å². The summed E-state index contributed by atoms with van der Waals surface area (Å²) >= 11 is 3.38. The number of nitrogens with one attached hydrogen (secondary N) is 1. The molecular formula is C11H14BrN3O. The Morgan fingerprint density at radius 2 is 2.19 bits per heavy atom. The van der Waals surface area contributed by atoms with Gasteiger partial charge < -0.3 is 0 Å². The van der Waals surface area contributed by atoms with E-state index in [-0.39, 0.29) is 11.7 Å². The number of rotatable bonds is 3. The Labute approximate surface area is 102 Å². The van der Waals surface area contributed by atoms with Gasteiger partial charge in [0.1, 0.15) is 0 Å². The lowest BCUT2D eigenvalue weighted by Crippen LogP contribution is -2.21. The van der Waals surface area contributed by atoms with Crippen LogP contribution in [-0.4, -0.2) is 14.5 Å². The first kappa shape index (κ1) is 11.4. The van der Waals surface area contributed by atoms with Gasteiger partial charge in [-0.25, -0.2) is 9.78 Å². The summed E-state index contributed by atoms with van der Waals surface area (Å²) in [6.45, 7) is 4.18. The van der Waals surface area contributed by atoms with Crippen LogP contribution in [0.3, 0.4) is 0 Å². The molecule has 0 unspecified atom stereocenters. The summed E-state index contributed by atoms with van der Waals surface area (Å²) in [6.07, 6.45) is 3.57. The maximum absolute atomic E-state index is 11.9. The van der Waals surface area contributed by atoms with E-state index in [1.807, 2.05) is 6.07 Å². The number of H-pyrrole nitrogens is 1. The second kappa shape index (κ2) is 4.41. The normalized spacial score (nSPS) is 11.5. The standard InChI is InChI=1S/C11H14BrN3O/c1-3-8(4-2)15-9-5-7(12)6-13-10(9)14-11(15)16/h5-6,8H,3-4H2,1-2H3,(H,13,14,16). The van der Waals surface area contributed by atoms with E-state index in [4.69, 9.17) is 0 Å². The first-order chi connectivity index (χ1) is 7.67. The van der Waals surface area contributed by atoms with Gasteiger partial charge in [0, 0.05) is 16.7 Å². The minimum Gasteiger partial charge on any atom is -0.290 e. The average molecular weight is 284 g/mol. The van der Waals surface area contributed by atoms with E-state index in [0.717, 1.165) is 22.8 Å². The molecule has 0 aromatic carbocycles. The molecule has 0 spiro atoms. The number of nitrogens with zero attached hydrogens (tertiary/aromatic N) is 2. The van der Waals surface area contributed by atoms with Gasteiger partial charge in [-0.15, -0.1) is 0 Å². The number of hydrogen-bond donors (Lipinski definition) is 1. The van der Waals surface area contributed by atoms with E-state index in [0.29, 0.717) is 5.65 Å². The summed E-state index contributed by atoms with van der Waals surface area (Å²) < 4.78 is 2.69. The molecule has 0 saturated heterocycles. The molecule has 2 aromatic heterocycles. The molecule has 0 bridgehead atoms. The average Bonchev–Trinajstić information content (AvgIpc) is 2.58. The van der Waals surface area contributed by atoms with Gasteiger partial charge in [0.15, 0.2) is 5.65 Å². The maximum Gasteiger partial charge on any atom is 0.327 e. The molecule has 5 heteroatoms. The highest BCUT2D eigenvalue weighted by Crippen LogP contribution is 2.21. The Morgan fingerprint density at radius 3 is 2.81 bits per heavy atom. The molecule has 2 heterocycles. The summed E-state index contributed by atoms with van der Waals surface area (Å²) in [7, 11) is 0. The van der Waals surface area contributed by atoms with E-state index in [2.05, 4.69) is 39.7 Å². The quantitative estimate of drug-likeness (QED) is 0.942. The number of halogens is 1. The Bertz CT molecular complexity index is 554. The Hall–Kier alpha value is -1.10. The topological polar surface area (TPSA) is 50.7 Å². The maximum atomic E-state index is 11.9. The second-order valence-electron chi connectivity index (χ2n) is 3.79. The van der Waals surface area contributed by atoms with E-state index < -0.39 is 0 Å². The van der Waals surface area contributed by atoms with Crippen LogP contribution in [0, 0.1) is 0 Å². The van der Waals surface area contributed by atoms with Gasteiger partial charge in [-0.05, 0) is 34.8 Å². The smallest absolute Gasteiger partial charge is 0.290 e. The van der Waals surface area contributed by atoms with Crippen molar-refractivity contribution >= 4 is 27.1 Å². The molecule has 0 fully saturated rings. The number of hydrogen-bond acceptors (Lipinski definition) is 2. The minimum atomic E-state index is -0.0747. The molecule has 16 heavy (non-hydrogen) atoms. The van der Waals surface area contributed by atoms with Gasteiger partial charge in [-0.1, -0.05) is 13.8 Å². The molecule has 0 atom stereocenters. The number of aromatic amines is 1. The van der Waals surface area contributed by atoms with Crippen molar-refractivity contribution in [3.05, 3.63) is 27.2 Å². The Balaban J connectivity index is 2.71. The highest BCUT2D eigenvalue weighted by atomic mass is 79.9. The van der Waals surface area contributed by atoms with Crippen molar-refractivity contribution in [2.45, 2.75) is 32.7 Å². The zero-order chi connectivity index (χ0) is 11.7. The van der Waals surface area contributed by atoms with Crippen molar-refractivity contribution in [1.29, 1.82) is 0 Å². The van der Waals surface area contributed by atoms with Crippen LogP contribution in [-0.2, 0) is 0 Å². The molecule has 0 aliphatic rings. The summed E-state index contributed by atoms with van der Waals surface area (Å²) in [5.74, 6) is 0. The summed E-state index contributed by atoms with van der Waals surface area (Å²) in [6, 6.07) is 2.16. The highest BCUT2D eigenvalue weighted by Gasteiger charge is 2.14. The predicted octanol–water partition coefficient (Wildman–Crippen LogP) is 2.85. The van der Waals surface area contributed by atoms with Gasteiger partial charge in [0.2, 0.25) is 0 Å². The van der Waals surface area contributed by atoms with Crippen LogP contribution in [0.1, 0.15) is 32.7 Å². The van der Waals surface area contributed by atoms with E-state index in [1.54, 1.807) is 10.8 Å². The van der Waals surface area contributed by atoms with Gasteiger partial charge in [-0.2, -0.15) is 0 Å². The minimum absolute atomic E-state index is 0.0747. The fourth-order valence-corrected chi connectivity index (χ4v) is 2.31. The zero-order valence-corrected chi connectivity index (χ0v) is 10.9. The summed E-state index contributed by atoms with van der Waals surface area (Å²) in [5, 5.41) is 0. The fraction of sp³-hybridized carbons (Fsp3) is 0.455. The molecule has 0 saturated carbocycles. The third-order valence-electron chi connectivity index (χ3n) is 2.85. The van der Waals surface area contributed by atoms with Crippen LogP contribution >= 0.6 is 15.9 Å². The number of pyridine rings is 1. The molecule has 2 rings (SSSR count). The summed E-state index contributed by atoms with van der Waals surface area (Å²) in [5.41, 5.74) is 1.45. The molecule has 0 radical (unpaired) electrons. The molecule has 4 nitrogen and oxygen atoms in total.